The van der Waals surface area contributed by atoms with Gasteiger partial charge in [-0.2, -0.15) is 0 Å². The van der Waals surface area contributed by atoms with Crippen molar-refractivity contribution in [2.45, 2.75) is 64.3 Å². The highest BCUT2D eigenvalue weighted by Gasteiger charge is 2.32. The molecule has 0 saturated carbocycles. The number of hydrogen-bond acceptors (Lipinski definition) is 10. The molecule has 0 aliphatic carbocycles. The quantitative estimate of drug-likeness (QED) is 0.394. The van der Waals surface area contributed by atoms with Crippen LogP contribution in [0.4, 0.5) is 0 Å². The Morgan fingerprint density at radius 3 is 1.54 bits per heavy atom. The highest BCUT2D eigenvalue weighted by Crippen LogP contribution is 2.24. The first-order chi connectivity index (χ1) is 11.3. The predicted octanol–water partition coefficient (Wildman–Crippen LogP) is -0.107. The number of hydrogen-bond donors (Lipinski definition) is 4. The van der Waals surface area contributed by atoms with Gasteiger partial charge in [-0.05, 0) is 47.1 Å². The minimum Gasteiger partial charge on any atom is -0.396 e. The van der Waals surface area contributed by atoms with E-state index in [2.05, 4.69) is 11.7 Å². The van der Waals surface area contributed by atoms with Crippen LogP contribution in [0.25, 0.3) is 0 Å². The minimum absolute atomic E-state index is 0.0833. The van der Waals surface area contributed by atoms with E-state index in [9.17, 15) is 0 Å². The summed E-state index contributed by atoms with van der Waals surface area (Å²) in [5.41, 5.74) is 5.36. The van der Waals surface area contributed by atoms with Crippen LogP contribution in [0.1, 0.15) is 40.5 Å². The molecule has 2 rings (SSSR count). The summed E-state index contributed by atoms with van der Waals surface area (Å²) in [5, 5.41) is 8.56. The van der Waals surface area contributed by atoms with Crippen LogP contribution in [0, 0.1) is 9.93 Å². The average Bonchev–Trinajstić information content (AvgIpc) is 3.06. The zero-order chi connectivity index (χ0) is 19.2. The fourth-order valence-corrected chi connectivity index (χ4v) is 2.14. The van der Waals surface area contributed by atoms with Gasteiger partial charge in [0.05, 0.1) is 25.4 Å². The van der Waals surface area contributed by atoms with Crippen LogP contribution in [0.3, 0.4) is 0 Å². The monoisotopic (exact) mass is 355 g/mol. The molecular weight excluding hydrogens is 322 g/mol. The molecule has 7 N–H and O–H groups in total. The van der Waals surface area contributed by atoms with E-state index in [1.807, 2.05) is 27.7 Å². The topological polar surface area (TPSA) is 169 Å². The molecule has 10 heteroatoms. The first-order valence-electron chi connectivity index (χ1n) is 7.72. The van der Waals surface area contributed by atoms with Gasteiger partial charge in [-0.25, -0.2) is 0 Å². The normalized spacial score (nSPS) is 26.2. The lowest BCUT2D eigenvalue weighted by Crippen LogP contribution is -2.22. The average molecular weight is 355 g/mol. The molecule has 2 saturated heterocycles. The van der Waals surface area contributed by atoms with Crippen LogP contribution in [0.5, 0.6) is 0 Å². The van der Waals surface area contributed by atoms with Gasteiger partial charge in [0.15, 0.2) is 11.6 Å². The van der Waals surface area contributed by atoms with Gasteiger partial charge < -0.3 is 29.8 Å². The van der Waals surface area contributed by atoms with E-state index in [0.29, 0.717) is 26.2 Å². The van der Waals surface area contributed by atoms with Crippen molar-refractivity contribution in [1.29, 1.82) is 0 Å². The summed E-state index contributed by atoms with van der Waals surface area (Å²) < 4.78 is 21.5. The van der Waals surface area contributed by atoms with Gasteiger partial charge in [0, 0.05) is 16.5 Å². The number of aliphatic hydroxyl groups excluding tert-OH is 1. The highest BCUT2D eigenvalue weighted by molar-refractivity contribution is 4.71. The van der Waals surface area contributed by atoms with E-state index in [-0.39, 0.29) is 24.6 Å². The lowest BCUT2D eigenvalue weighted by Gasteiger charge is -2.16. The van der Waals surface area contributed by atoms with Crippen molar-refractivity contribution in [3.8, 4) is 0 Å². The van der Waals surface area contributed by atoms with Gasteiger partial charge in [-0.3, -0.25) is 11.7 Å². The molecule has 0 amide bonds. The van der Waals surface area contributed by atoms with E-state index in [4.69, 9.17) is 39.7 Å². The Hall–Kier alpha value is -0.720. The zero-order valence-electron chi connectivity index (χ0n) is 15.0. The molecule has 2 aliphatic rings. The number of nitrogens with two attached hydrogens (primary N) is 3. The molecule has 2 aliphatic heterocycles. The molecule has 0 radical (unpaired) electrons. The van der Waals surface area contributed by atoms with Crippen molar-refractivity contribution >= 4 is 0 Å². The van der Waals surface area contributed by atoms with Crippen molar-refractivity contribution in [2.24, 2.45) is 17.4 Å². The molecular formula is C14H33N3O7. The van der Waals surface area contributed by atoms with E-state index in [1.165, 1.54) is 0 Å². The van der Waals surface area contributed by atoms with Crippen LogP contribution in [0.15, 0.2) is 0 Å². The second-order valence-corrected chi connectivity index (χ2v) is 5.99. The third kappa shape index (κ3) is 11.8. The Labute approximate surface area is 143 Å². The lowest BCUT2D eigenvalue weighted by atomic mass is 10.3. The van der Waals surface area contributed by atoms with Gasteiger partial charge in [0.2, 0.25) is 0 Å². The first-order valence-corrected chi connectivity index (χ1v) is 7.72. The summed E-state index contributed by atoms with van der Waals surface area (Å²) in [6.45, 7) is 9.73. The maximum atomic E-state index is 8.56. The van der Waals surface area contributed by atoms with Crippen LogP contribution in [-0.4, -0.2) is 55.3 Å². The van der Waals surface area contributed by atoms with E-state index >= 15 is 0 Å². The van der Waals surface area contributed by atoms with E-state index in [0.717, 1.165) is 6.42 Å². The van der Waals surface area contributed by atoms with Crippen molar-refractivity contribution in [1.82, 2.24) is 0 Å². The molecule has 146 valence electrons. The fraction of sp³-hybridized carbons (Fsp3) is 1.00. The van der Waals surface area contributed by atoms with E-state index < -0.39 is 5.79 Å². The summed E-state index contributed by atoms with van der Waals surface area (Å²) in [4.78, 5) is 14.0. The summed E-state index contributed by atoms with van der Waals surface area (Å²) in [6, 6.07) is 0. The van der Waals surface area contributed by atoms with Crippen molar-refractivity contribution in [3.05, 3.63) is 9.93 Å². The van der Waals surface area contributed by atoms with Crippen LogP contribution in [-0.2, 0) is 18.9 Å². The fourth-order valence-electron chi connectivity index (χ4n) is 2.14. The largest absolute Gasteiger partial charge is 0.396 e. The molecule has 0 bridgehead atoms. The molecule has 0 aromatic rings. The van der Waals surface area contributed by atoms with Gasteiger partial charge in [-0.1, -0.05) is 0 Å². The Morgan fingerprint density at radius 2 is 1.29 bits per heavy atom. The standard InChI is InChI=1S/C7H15NO2.C7H14O3.H4N2.O2/c2*1-7(2)9-5-6(10-7)3-4-8;2*1-2/h6H,3-5,8H2,1-2H3;6,8H,3-5H2,1-2H3;1-2H2;/t2*6-;;/m00../s1. The summed E-state index contributed by atoms with van der Waals surface area (Å²) >= 11 is 0. The second-order valence-electron chi connectivity index (χ2n) is 5.99. The van der Waals surface area contributed by atoms with Crippen LogP contribution >= 0.6 is 0 Å². The Bertz CT molecular complexity index is 278. The molecule has 2 fully saturated rings. The molecule has 2 heterocycles. The van der Waals surface area contributed by atoms with Crippen LogP contribution in [0.2, 0.25) is 0 Å². The Balaban J connectivity index is 0. The van der Waals surface area contributed by atoms with Crippen molar-refractivity contribution < 1.29 is 24.1 Å². The zero-order valence-corrected chi connectivity index (χ0v) is 15.0. The molecule has 0 spiro atoms. The molecule has 0 unspecified atom stereocenters. The maximum absolute atomic E-state index is 8.56. The van der Waals surface area contributed by atoms with E-state index in [1.54, 1.807) is 0 Å². The Kier molecular flexibility index (Phi) is 14.4. The summed E-state index contributed by atoms with van der Waals surface area (Å²) in [5.74, 6) is 7.17. The number of ether oxygens (including phenoxy) is 4. The van der Waals surface area contributed by atoms with Gasteiger partial charge in [-0.15, -0.1) is 0 Å². The molecule has 24 heavy (non-hydrogen) atoms. The predicted molar refractivity (Wildman–Crippen MR) is 90.3 cm³/mol. The summed E-state index contributed by atoms with van der Waals surface area (Å²) in [6.07, 6.45) is 1.85. The third-order valence-corrected chi connectivity index (χ3v) is 3.07. The second kappa shape index (κ2) is 13.6. The lowest BCUT2D eigenvalue weighted by molar-refractivity contribution is -0.139. The minimum atomic E-state index is -0.445. The third-order valence-electron chi connectivity index (χ3n) is 3.07. The number of hydrazine groups is 1. The molecule has 0 aromatic heterocycles. The van der Waals surface area contributed by atoms with Gasteiger partial charge in [0.1, 0.15) is 0 Å². The number of aliphatic hydroxyl groups is 1. The Morgan fingerprint density at radius 1 is 0.917 bits per heavy atom. The smallest absolute Gasteiger partial charge is 0.163 e. The molecule has 2 atom stereocenters. The summed E-state index contributed by atoms with van der Waals surface area (Å²) in [7, 11) is 0. The first kappa shape index (κ1) is 25.5. The van der Waals surface area contributed by atoms with Gasteiger partial charge >= 0.3 is 0 Å². The SMILES string of the molecule is CC1(C)OC[C@H](CCN)O1.CC1(C)OC[C@H](CCO)O1.NN.O=O. The number of rotatable bonds is 4. The van der Waals surface area contributed by atoms with Gasteiger partial charge in [0.25, 0.3) is 0 Å². The molecule has 0 aromatic carbocycles. The molecule has 10 nitrogen and oxygen atoms in total. The van der Waals surface area contributed by atoms with Crippen molar-refractivity contribution in [2.75, 3.05) is 26.4 Å². The maximum Gasteiger partial charge on any atom is 0.163 e. The van der Waals surface area contributed by atoms with Crippen LogP contribution < -0.4 is 17.4 Å². The van der Waals surface area contributed by atoms with Crippen molar-refractivity contribution in [3.63, 3.8) is 0 Å². The highest BCUT2D eigenvalue weighted by atomic mass is 16.7.